The van der Waals surface area contributed by atoms with Crippen molar-refractivity contribution in [2.75, 3.05) is 26.2 Å². The molecule has 0 saturated carbocycles. The first-order chi connectivity index (χ1) is 20.1. The molecule has 2 aliphatic heterocycles. The highest BCUT2D eigenvalue weighted by Crippen LogP contribution is 2.36. The van der Waals surface area contributed by atoms with Crippen LogP contribution in [0.2, 0.25) is 0 Å². The maximum atomic E-state index is 12.5. The number of pyridine rings is 2. The fourth-order valence-electron chi connectivity index (χ4n) is 5.82. The zero-order valence-electron chi connectivity index (χ0n) is 24.7. The van der Waals surface area contributed by atoms with Gasteiger partial charge < -0.3 is 14.4 Å². The Morgan fingerprint density at radius 2 is 1.95 bits per heavy atom. The summed E-state index contributed by atoms with van der Waals surface area (Å²) >= 11 is 0. The summed E-state index contributed by atoms with van der Waals surface area (Å²) in [6.07, 6.45) is 7.50. The molecule has 2 fully saturated rings. The lowest BCUT2D eigenvalue weighted by molar-refractivity contribution is 0.0232. The van der Waals surface area contributed by atoms with Crippen LogP contribution in [0.4, 0.5) is 4.79 Å². The largest absolute Gasteiger partial charge is 0.482 e. The van der Waals surface area contributed by atoms with Gasteiger partial charge in [-0.25, -0.2) is 9.31 Å². The Hall–Kier alpha value is -4.43. The molecule has 2 saturated heterocycles. The van der Waals surface area contributed by atoms with Crippen molar-refractivity contribution >= 4 is 11.6 Å². The molecule has 0 bridgehead atoms. The van der Waals surface area contributed by atoms with Gasteiger partial charge in [-0.2, -0.15) is 15.5 Å². The molecule has 4 aromatic rings. The van der Waals surface area contributed by atoms with Gasteiger partial charge in [0, 0.05) is 61.4 Å². The molecule has 2 aliphatic rings. The molecule has 0 radical (unpaired) electrons. The summed E-state index contributed by atoms with van der Waals surface area (Å²) < 4.78 is 15.7. The Labute approximate surface area is 245 Å². The minimum atomic E-state index is -0.490. The molecule has 2 atom stereocenters. The second-order valence-corrected chi connectivity index (χ2v) is 12.1. The Kier molecular flexibility index (Phi) is 7.10. The third-order valence-corrected chi connectivity index (χ3v) is 8.03. The predicted molar refractivity (Wildman–Crippen MR) is 156 cm³/mol. The first-order valence-electron chi connectivity index (χ1n) is 14.4. The molecule has 11 nitrogen and oxygen atoms in total. The van der Waals surface area contributed by atoms with Crippen molar-refractivity contribution in [3.8, 4) is 22.9 Å². The van der Waals surface area contributed by atoms with Crippen molar-refractivity contribution in [3.63, 3.8) is 0 Å². The van der Waals surface area contributed by atoms with Crippen molar-refractivity contribution in [2.24, 2.45) is 0 Å². The number of amides is 1. The number of nitriles is 1. The summed E-state index contributed by atoms with van der Waals surface area (Å²) in [5, 5.41) is 18.9. The van der Waals surface area contributed by atoms with Crippen LogP contribution < -0.4 is 4.74 Å². The van der Waals surface area contributed by atoms with Crippen LogP contribution in [0.3, 0.4) is 0 Å². The SMILES string of the molecule is Cc1c(-c2cc(O[C@H](C)c3ccccn3)c3c(C#N)cnn3c2)cnn1C1CN([C@H]2CCN(C(=O)OC(C)(C)C)C2)C1. The van der Waals surface area contributed by atoms with Crippen LogP contribution in [0, 0.1) is 18.3 Å². The lowest BCUT2D eigenvalue weighted by atomic mass is 10.0. The van der Waals surface area contributed by atoms with Crippen molar-refractivity contribution in [2.45, 2.75) is 64.8 Å². The summed E-state index contributed by atoms with van der Waals surface area (Å²) in [5.74, 6) is 0.567. The lowest BCUT2D eigenvalue weighted by Crippen LogP contribution is -2.54. The van der Waals surface area contributed by atoms with E-state index in [-0.39, 0.29) is 18.2 Å². The van der Waals surface area contributed by atoms with Crippen LogP contribution >= 0.6 is 0 Å². The molecule has 6 heterocycles. The Bertz CT molecular complexity index is 1640. The van der Waals surface area contributed by atoms with E-state index in [1.54, 1.807) is 16.9 Å². The summed E-state index contributed by atoms with van der Waals surface area (Å²) in [5.41, 5.74) is 4.32. The molecule has 11 heteroatoms. The molecule has 0 N–H and O–H groups in total. The van der Waals surface area contributed by atoms with Crippen LogP contribution in [-0.4, -0.2) is 78.1 Å². The molecule has 0 unspecified atom stereocenters. The second-order valence-electron chi connectivity index (χ2n) is 12.1. The number of rotatable bonds is 6. The first kappa shape index (κ1) is 27.7. The molecule has 218 valence electrons. The quantitative estimate of drug-likeness (QED) is 0.327. The van der Waals surface area contributed by atoms with Gasteiger partial charge in [-0.15, -0.1) is 0 Å². The van der Waals surface area contributed by atoms with Gasteiger partial charge in [0.1, 0.15) is 34.6 Å². The van der Waals surface area contributed by atoms with Gasteiger partial charge in [-0.1, -0.05) is 6.07 Å². The Morgan fingerprint density at radius 3 is 2.67 bits per heavy atom. The number of carbonyl (C=O) groups is 1. The van der Waals surface area contributed by atoms with E-state index in [1.165, 1.54) is 0 Å². The van der Waals surface area contributed by atoms with Gasteiger partial charge in [-0.3, -0.25) is 14.6 Å². The van der Waals surface area contributed by atoms with Gasteiger partial charge in [0.15, 0.2) is 0 Å². The molecule has 1 amide bonds. The van der Waals surface area contributed by atoms with Gasteiger partial charge in [0.2, 0.25) is 0 Å². The maximum absolute atomic E-state index is 12.5. The molecule has 0 spiro atoms. The monoisotopic (exact) mass is 568 g/mol. The number of ether oxygens (including phenoxy) is 2. The van der Waals surface area contributed by atoms with E-state index >= 15 is 0 Å². The molecular formula is C31H36N8O3. The van der Waals surface area contributed by atoms with E-state index in [1.807, 2.05) is 69.3 Å². The maximum Gasteiger partial charge on any atom is 0.410 e. The number of nitrogens with zero attached hydrogens (tertiary/aromatic N) is 8. The van der Waals surface area contributed by atoms with Crippen LogP contribution in [0.15, 0.2) is 49.1 Å². The number of carbonyl (C=O) groups excluding carboxylic acids is 1. The van der Waals surface area contributed by atoms with Gasteiger partial charge in [-0.05, 0) is 59.2 Å². The van der Waals surface area contributed by atoms with Gasteiger partial charge >= 0.3 is 6.09 Å². The van der Waals surface area contributed by atoms with E-state index in [4.69, 9.17) is 14.6 Å². The van der Waals surface area contributed by atoms with Crippen molar-refractivity contribution in [3.05, 3.63) is 66.0 Å². The highest BCUT2D eigenvalue weighted by molar-refractivity contribution is 5.76. The number of hydrogen-bond donors (Lipinski definition) is 0. The van der Waals surface area contributed by atoms with E-state index < -0.39 is 5.60 Å². The van der Waals surface area contributed by atoms with Crippen LogP contribution in [0.25, 0.3) is 16.6 Å². The Morgan fingerprint density at radius 1 is 1.14 bits per heavy atom. The molecule has 0 aromatic carbocycles. The van der Waals surface area contributed by atoms with Gasteiger partial charge in [0.25, 0.3) is 0 Å². The van der Waals surface area contributed by atoms with E-state index in [9.17, 15) is 10.1 Å². The number of hydrogen-bond acceptors (Lipinski definition) is 8. The van der Waals surface area contributed by atoms with Crippen LogP contribution in [-0.2, 0) is 4.74 Å². The average Bonchev–Trinajstić information content (AvgIpc) is 3.67. The molecule has 0 aliphatic carbocycles. The fraction of sp³-hybridized carbons (Fsp3) is 0.452. The summed E-state index contributed by atoms with van der Waals surface area (Å²) in [6.45, 7) is 12.9. The third-order valence-electron chi connectivity index (χ3n) is 8.03. The van der Waals surface area contributed by atoms with Crippen LogP contribution in [0.5, 0.6) is 5.75 Å². The normalized spacial score (nSPS) is 18.6. The van der Waals surface area contributed by atoms with Crippen molar-refractivity contribution < 1.29 is 14.3 Å². The average molecular weight is 569 g/mol. The second kappa shape index (κ2) is 10.8. The van der Waals surface area contributed by atoms with E-state index in [0.29, 0.717) is 29.4 Å². The molecule has 4 aromatic heterocycles. The molecular weight excluding hydrogens is 532 g/mol. The standard InChI is InChI=1S/C31H36N8O3/c1-20-26(15-35-39(20)25-18-37(19-25)24-9-11-36(17-24)30(40)42-31(3,4)5)22-12-28(29-23(13-32)14-34-38(29)16-22)41-21(2)27-8-6-7-10-33-27/h6-8,10,12,14-16,21,24-25H,9,11,17-19H2,1-5H3/t21-,24+/m1/s1. The van der Waals surface area contributed by atoms with Crippen LogP contribution in [0.1, 0.15) is 63.2 Å². The highest BCUT2D eigenvalue weighted by atomic mass is 16.6. The summed E-state index contributed by atoms with van der Waals surface area (Å²) in [7, 11) is 0. The van der Waals surface area contributed by atoms with Crippen molar-refractivity contribution in [1.29, 1.82) is 5.26 Å². The summed E-state index contributed by atoms with van der Waals surface area (Å²) in [4.78, 5) is 21.2. The zero-order valence-corrected chi connectivity index (χ0v) is 24.7. The van der Waals surface area contributed by atoms with Crippen molar-refractivity contribution in [1.82, 2.24) is 34.2 Å². The Balaban J connectivity index is 1.18. The third kappa shape index (κ3) is 5.30. The van der Waals surface area contributed by atoms with Gasteiger partial charge in [0.05, 0.1) is 24.1 Å². The molecule has 42 heavy (non-hydrogen) atoms. The first-order valence-corrected chi connectivity index (χ1v) is 14.4. The van der Waals surface area contributed by atoms with E-state index in [0.717, 1.165) is 48.6 Å². The topological polar surface area (TPSA) is 114 Å². The number of fused-ring (bicyclic) bond motifs is 1. The smallest absolute Gasteiger partial charge is 0.410 e. The summed E-state index contributed by atoms with van der Waals surface area (Å²) in [6, 6.07) is 10.5. The fourth-order valence-corrected chi connectivity index (χ4v) is 5.82. The minimum absolute atomic E-state index is 0.233. The molecule has 6 rings (SSSR count). The predicted octanol–water partition coefficient (Wildman–Crippen LogP) is 4.78. The van der Waals surface area contributed by atoms with E-state index in [2.05, 4.69) is 32.7 Å². The number of likely N-dealkylation sites (tertiary alicyclic amines) is 2. The lowest BCUT2D eigenvalue weighted by Gasteiger charge is -2.43. The number of aromatic nitrogens is 5. The highest BCUT2D eigenvalue weighted by Gasteiger charge is 2.39. The zero-order chi connectivity index (χ0) is 29.6. The minimum Gasteiger partial charge on any atom is -0.482 e.